The molecule has 0 aliphatic heterocycles. The smallest absolute Gasteiger partial charge is 0.133 e. The largest absolute Gasteiger partial charge is 0.236 e. The molecule has 0 radical (unpaired) electrons. The lowest BCUT2D eigenvalue weighted by Crippen LogP contribution is -1.85. The van der Waals surface area contributed by atoms with Gasteiger partial charge in [-0.3, -0.25) is 0 Å². The van der Waals surface area contributed by atoms with Crippen molar-refractivity contribution in [1.82, 2.24) is 4.98 Å². The summed E-state index contributed by atoms with van der Waals surface area (Å²) >= 11 is 1.47. The van der Waals surface area contributed by atoms with E-state index < -0.39 is 0 Å². The standard InChI is InChI=1S/C16H12FNS/c1-11-7-8-13(14(17)9-11)16-18-15(10-19-16)12-5-3-2-4-6-12/h2-10H,1H3. The highest BCUT2D eigenvalue weighted by atomic mass is 32.1. The van der Waals surface area contributed by atoms with Crippen molar-refractivity contribution in [3.8, 4) is 21.8 Å². The Balaban J connectivity index is 2.02. The van der Waals surface area contributed by atoms with Crippen LogP contribution < -0.4 is 0 Å². The Morgan fingerprint density at radius 3 is 2.58 bits per heavy atom. The zero-order valence-electron chi connectivity index (χ0n) is 10.4. The van der Waals surface area contributed by atoms with Crippen LogP contribution in [0.2, 0.25) is 0 Å². The SMILES string of the molecule is Cc1ccc(-c2nc(-c3ccccc3)cs2)c(F)c1. The summed E-state index contributed by atoms with van der Waals surface area (Å²) in [5.74, 6) is -0.214. The van der Waals surface area contributed by atoms with Gasteiger partial charge < -0.3 is 0 Å². The Bertz CT molecular complexity index is 704. The molecule has 1 aromatic heterocycles. The lowest BCUT2D eigenvalue weighted by molar-refractivity contribution is 0.630. The fourth-order valence-electron chi connectivity index (χ4n) is 1.93. The lowest BCUT2D eigenvalue weighted by atomic mass is 10.1. The number of aryl methyl sites for hydroxylation is 1. The maximum Gasteiger partial charge on any atom is 0.133 e. The summed E-state index contributed by atoms with van der Waals surface area (Å²) in [5.41, 5.74) is 3.43. The van der Waals surface area contributed by atoms with E-state index in [9.17, 15) is 4.39 Å². The molecule has 1 nitrogen and oxygen atoms in total. The molecule has 0 atom stereocenters. The van der Waals surface area contributed by atoms with Crippen LogP contribution in [0.3, 0.4) is 0 Å². The molecule has 0 saturated carbocycles. The zero-order valence-corrected chi connectivity index (χ0v) is 11.2. The fraction of sp³-hybridized carbons (Fsp3) is 0.0625. The van der Waals surface area contributed by atoms with Crippen molar-refractivity contribution < 1.29 is 4.39 Å². The minimum Gasteiger partial charge on any atom is -0.236 e. The number of hydrogen-bond donors (Lipinski definition) is 0. The maximum atomic E-state index is 13.9. The van der Waals surface area contributed by atoms with Crippen LogP contribution in [0.4, 0.5) is 4.39 Å². The topological polar surface area (TPSA) is 12.9 Å². The van der Waals surface area contributed by atoms with E-state index in [4.69, 9.17) is 0 Å². The monoisotopic (exact) mass is 269 g/mol. The lowest BCUT2D eigenvalue weighted by Gasteiger charge is -2.00. The van der Waals surface area contributed by atoms with E-state index in [1.54, 1.807) is 12.1 Å². The van der Waals surface area contributed by atoms with E-state index in [1.807, 2.05) is 48.7 Å². The molecular weight excluding hydrogens is 257 g/mol. The van der Waals surface area contributed by atoms with Gasteiger partial charge in [-0.2, -0.15) is 0 Å². The molecule has 3 heteroatoms. The Morgan fingerprint density at radius 1 is 1.05 bits per heavy atom. The summed E-state index contributed by atoms with van der Waals surface area (Å²) in [6, 6.07) is 15.2. The minimum absolute atomic E-state index is 0.214. The second-order valence-electron chi connectivity index (χ2n) is 4.39. The van der Waals surface area contributed by atoms with Gasteiger partial charge in [0.25, 0.3) is 0 Å². The summed E-state index contributed by atoms with van der Waals surface area (Å²) in [5, 5.41) is 2.68. The van der Waals surface area contributed by atoms with Crippen molar-refractivity contribution in [3.05, 3.63) is 65.3 Å². The molecule has 0 amide bonds. The Morgan fingerprint density at radius 2 is 1.84 bits per heavy atom. The predicted octanol–water partition coefficient (Wildman–Crippen LogP) is 4.92. The first-order valence-electron chi connectivity index (χ1n) is 6.01. The Kier molecular flexibility index (Phi) is 3.13. The molecule has 3 rings (SSSR count). The third-order valence-corrected chi connectivity index (χ3v) is 3.80. The third-order valence-electron chi connectivity index (χ3n) is 2.93. The average molecular weight is 269 g/mol. The average Bonchev–Trinajstić information content (AvgIpc) is 2.89. The fourth-order valence-corrected chi connectivity index (χ4v) is 2.79. The second-order valence-corrected chi connectivity index (χ2v) is 5.25. The van der Waals surface area contributed by atoms with Gasteiger partial charge in [-0.15, -0.1) is 11.3 Å². The molecule has 3 aromatic rings. The van der Waals surface area contributed by atoms with Crippen molar-refractivity contribution in [2.45, 2.75) is 6.92 Å². The van der Waals surface area contributed by atoms with E-state index in [0.717, 1.165) is 21.8 Å². The molecular formula is C16H12FNS. The highest BCUT2D eigenvalue weighted by Crippen LogP contribution is 2.30. The summed E-state index contributed by atoms with van der Waals surface area (Å²) in [7, 11) is 0. The number of aromatic nitrogens is 1. The normalized spacial score (nSPS) is 10.6. The molecule has 0 N–H and O–H groups in total. The van der Waals surface area contributed by atoms with Crippen LogP contribution >= 0.6 is 11.3 Å². The van der Waals surface area contributed by atoms with Crippen molar-refractivity contribution in [2.75, 3.05) is 0 Å². The quantitative estimate of drug-likeness (QED) is 0.643. The van der Waals surface area contributed by atoms with Crippen LogP contribution in [0.15, 0.2) is 53.9 Å². The molecule has 1 heterocycles. The van der Waals surface area contributed by atoms with Crippen LogP contribution in [0.1, 0.15) is 5.56 Å². The highest BCUT2D eigenvalue weighted by molar-refractivity contribution is 7.13. The van der Waals surface area contributed by atoms with Crippen LogP contribution in [-0.4, -0.2) is 4.98 Å². The number of thiazole rings is 1. The Hall–Kier alpha value is -2.00. The van der Waals surface area contributed by atoms with Gasteiger partial charge in [0.1, 0.15) is 10.8 Å². The molecule has 0 saturated heterocycles. The van der Waals surface area contributed by atoms with Crippen molar-refractivity contribution in [1.29, 1.82) is 0 Å². The first-order chi connectivity index (χ1) is 9.24. The highest BCUT2D eigenvalue weighted by Gasteiger charge is 2.10. The maximum absolute atomic E-state index is 13.9. The molecule has 0 aliphatic carbocycles. The first kappa shape index (κ1) is 12.1. The van der Waals surface area contributed by atoms with E-state index in [0.29, 0.717) is 5.56 Å². The summed E-state index contributed by atoms with van der Waals surface area (Å²) in [6.07, 6.45) is 0. The van der Waals surface area contributed by atoms with Gasteiger partial charge in [-0.25, -0.2) is 9.37 Å². The molecule has 0 fully saturated rings. The van der Waals surface area contributed by atoms with Crippen LogP contribution in [-0.2, 0) is 0 Å². The minimum atomic E-state index is -0.214. The third kappa shape index (κ3) is 2.42. The van der Waals surface area contributed by atoms with Gasteiger partial charge in [0.15, 0.2) is 0 Å². The van der Waals surface area contributed by atoms with Gasteiger partial charge in [-0.1, -0.05) is 36.4 Å². The van der Waals surface area contributed by atoms with Gasteiger partial charge in [0.05, 0.1) is 5.69 Å². The van der Waals surface area contributed by atoms with Crippen LogP contribution in [0, 0.1) is 12.7 Å². The van der Waals surface area contributed by atoms with Crippen molar-refractivity contribution in [3.63, 3.8) is 0 Å². The predicted molar refractivity (Wildman–Crippen MR) is 77.7 cm³/mol. The van der Waals surface area contributed by atoms with Crippen molar-refractivity contribution >= 4 is 11.3 Å². The van der Waals surface area contributed by atoms with Gasteiger partial charge in [0.2, 0.25) is 0 Å². The van der Waals surface area contributed by atoms with E-state index >= 15 is 0 Å². The zero-order chi connectivity index (χ0) is 13.2. The van der Waals surface area contributed by atoms with Gasteiger partial charge in [-0.05, 0) is 24.6 Å². The number of rotatable bonds is 2. The summed E-state index contributed by atoms with van der Waals surface area (Å²) < 4.78 is 13.9. The summed E-state index contributed by atoms with van der Waals surface area (Å²) in [6.45, 7) is 1.88. The molecule has 94 valence electrons. The molecule has 2 aromatic carbocycles. The Labute approximate surface area is 115 Å². The van der Waals surface area contributed by atoms with E-state index in [-0.39, 0.29) is 5.82 Å². The van der Waals surface area contributed by atoms with E-state index in [2.05, 4.69) is 4.98 Å². The van der Waals surface area contributed by atoms with Gasteiger partial charge in [0, 0.05) is 16.5 Å². The number of hydrogen-bond acceptors (Lipinski definition) is 2. The van der Waals surface area contributed by atoms with Crippen LogP contribution in [0.25, 0.3) is 21.8 Å². The summed E-state index contributed by atoms with van der Waals surface area (Å²) in [4.78, 5) is 4.52. The first-order valence-corrected chi connectivity index (χ1v) is 6.89. The number of halogens is 1. The molecule has 0 bridgehead atoms. The molecule has 0 spiro atoms. The number of benzene rings is 2. The second kappa shape index (κ2) is 4.94. The van der Waals surface area contributed by atoms with Crippen molar-refractivity contribution in [2.24, 2.45) is 0 Å². The molecule has 0 unspecified atom stereocenters. The molecule has 0 aliphatic rings. The molecule has 19 heavy (non-hydrogen) atoms. The number of nitrogens with zero attached hydrogens (tertiary/aromatic N) is 1. The van der Waals surface area contributed by atoms with E-state index in [1.165, 1.54) is 11.3 Å². The van der Waals surface area contributed by atoms with Crippen LogP contribution in [0.5, 0.6) is 0 Å². The van der Waals surface area contributed by atoms with Gasteiger partial charge >= 0.3 is 0 Å².